The zero-order chi connectivity index (χ0) is 33.9. The Morgan fingerprint density at radius 2 is 1.69 bits per heavy atom. The van der Waals surface area contributed by atoms with Gasteiger partial charge in [-0.15, -0.1) is 0 Å². The predicted molar refractivity (Wildman–Crippen MR) is 180 cm³/mol. The van der Waals surface area contributed by atoms with Gasteiger partial charge in [0.25, 0.3) is 5.91 Å². The number of hydrogen-bond acceptors (Lipinski definition) is 8. The minimum atomic E-state index is -1.05. The summed E-state index contributed by atoms with van der Waals surface area (Å²) in [7, 11) is 0. The third-order valence-electron chi connectivity index (χ3n) is 9.08. The Labute approximate surface area is 283 Å². The van der Waals surface area contributed by atoms with Crippen molar-refractivity contribution in [1.29, 1.82) is 0 Å². The lowest BCUT2D eigenvalue weighted by molar-refractivity contribution is -0.276. The summed E-state index contributed by atoms with van der Waals surface area (Å²) in [6.07, 6.45) is -0.645. The SMILES string of the molecule is C[C@H]1[C@@H](Cn2cnc3ccccc32)O[C@@H](c2cccc(N3C(=O)CC(NC(=O)OCc4ccccc4)C3=O)c2)O[C@H]1c1ccc(CO)cc1. The van der Waals surface area contributed by atoms with Crippen LogP contribution in [0.4, 0.5) is 10.5 Å². The Morgan fingerprint density at radius 3 is 2.49 bits per heavy atom. The largest absolute Gasteiger partial charge is 0.445 e. The number of nitrogens with one attached hydrogen (secondary N) is 1. The van der Waals surface area contributed by atoms with Gasteiger partial charge in [0.15, 0.2) is 6.29 Å². The fourth-order valence-electron chi connectivity index (χ4n) is 6.41. The smallest absolute Gasteiger partial charge is 0.408 e. The zero-order valence-corrected chi connectivity index (χ0v) is 26.8. The van der Waals surface area contributed by atoms with Crippen LogP contribution in [0.2, 0.25) is 0 Å². The molecule has 11 heteroatoms. The van der Waals surface area contributed by atoms with Crippen molar-refractivity contribution >= 4 is 34.6 Å². The van der Waals surface area contributed by atoms with E-state index in [-0.39, 0.29) is 37.8 Å². The van der Waals surface area contributed by atoms with Crippen LogP contribution in [0.3, 0.4) is 0 Å². The maximum Gasteiger partial charge on any atom is 0.408 e. The number of ether oxygens (including phenoxy) is 3. The highest BCUT2D eigenvalue weighted by molar-refractivity contribution is 6.22. The molecule has 2 fully saturated rings. The lowest BCUT2D eigenvalue weighted by atomic mass is 9.90. The first kappa shape index (κ1) is 32.2. The van der Waals surface area contributed by atoms with Gasteiger partial charge in [-0.05, 0) is 41.0 Å². The van der Waals surface area contributed by atoms with E-state index in [1.165, 1.54) is 0 Å². The molecule has 49 heavy (non-hydrogen) atoms. The number of imidazole rings is 1. The number of carbonyl (C=O) groups excluding carboxylic acids is 3. The van der Waals surface area contributed by atoms with Crippen LogP contribution >= 0.6 is 0 Å². The van der Waals surface area contributed by atoms with Crippen LogP contribution in [0, 0.1) is 5.92 Å². The van der Waals surface area contributed by atoms with E-state index in [1.807, 2.05) is 91.3 Å². The number of para-hydroxylation sites is 2. The molecule has 2 saturated heterocycles. The molecule has 5 aromatic rings. The Kier molecular flexibility index (Phi) is 9.21. The van der Waals surface area contributed by atoms with Gasteiger partial charge >= 0.3 is 6.09 Å². The second kappa shape index (κ2) is 14.0. The number of imide groups is 1. The van der Waals surface area contributed by atoms with Gasteiger partial charge in [-0.2, -0.15) is 0 Å². The molecule has 4 aromatic carbocycles. The van der Waals surface area contributed by atoms with E-state index in [0.29, 0.717) is 17.8 Å². The Hall–Kier alpha value is -5.36. The molecule has 0 radical (unpaired) electrons. The van der Waals surface area contributed by atoms with Crippen molar-refractivity contribution in [3.63, 3.8) is 0 Å². The summed E-state index contributed by atoms with van der Waals surface area (Å²) in [6, 6.07) is 30.7. The number of hydrogen-bond donors (Lipinski definition) is 2. The number of alkyl carbamates (subject to hydrolysis) is 1. The summed E-state index contributed by atoms with van der Waals surface area (Å²) >= 11 is 0. The van der Waals surface area contributed by atoms with Crippen molar-refractivity contribution in [2.75, 3.05) is 4.90 Å². The van der Waals surface area contributed by atoms with Crippen LogP contribution in [0.25, 0.3) is 11.0 Å². The van der Waals surface area contributed by atoms with Crippen LogP contribution in [-0.4, -0.2) is 44.7 Å². The van der Waals surface area contributed by atoms with Gasteiger partial charge in [0.2, 0.25) is 5.91 Å². The molecule has 2 N–H and O–H groups in total. The fraction of sp³-hybridized carbons (Fsp3) is 0.263. The molecule has 5 atom stereocenters. The van der Waals surface area contributed by atoms with Gasteiger partial charge in [0, 0.05) is 11.5 Å². The average Bonchev–Trinajstić information content (AvgIpc) is 3.67. The number of aliphatic hydroxyl groups is 1. The average molecular weight is 661 g/mol. The maximum absolute atomic E-state index is 13.4. The van der Waals surface area contributed by atoms with Crippen molar-refractivity contribution in [3.05, 3.63) is 132 Å². The van der Waals surface area contributed by atoms with Gasteiger partial charge < -0.3 is 29.2 Å². The topological polar surface area (TPSA) is 132 Å². The molecule has 0 saturated carbocycles. The molecule has 1 unspecified atom stereocenters. The third kappa shape index (κ3) is 6.82. The minimum Gasteiger partial charge on any atom is -0.445 e. The fourth-order valence-corrected chi connectivity index (χ4v) is 6.41. The molecule has 1 aromatic heterocycles. The van der Waals surface area contributed by atoms with Crippen LogP contribution in [0.1, 0.15) is 48.0 Å². The Balaban J connectivity index is 1.11. The van der Waals surface area contributed by atoms with Crippen molar-refractivity contribution < 1.29 is 33.7 Å². The number of nitrogens with zero attached hydrogens (tertiary/aromatic N) is 3. The summed E-state index contributed by atoms with van der Waals surface area (Å²) < 4.78 is 20.6. The minimum absolute atomic E-state index is 0.0396. The first-order valence-electron chi connectivity index (χ1n) is 16.2. The van der Waals surface area contributed by atoms with Gasteiger partial charge in [-0.1, -0.05) is 85.8 Å². The number of rotatable bonds is 9. The number of fused-ring (bicyclic) bond motifs is 1. The van der Waals surface area contributed by atoms with Crippen molar-refractivity contribution in [2.24, 2.45) is 5.92 Å². The normalized spacial score (nSPS) is 22.4. The van der Waals surface area contributed by atoms with E-state index >= 15 is 0 Å². The van der Waals surface area contributed by atoms with E-state index in [4.69, 9.17) is 14.2 Å². The predicted octanol–water partition coefficient (Wildman–Crippen LogP) is 5.58. The van der Waals surface area contributed by atoms with Crippen molar-refractivity contribution in [1.82, 2.24) is 14.9 Å². The molecule has 2 aliphatic rings. The van der Waals surface area contributed by atoms with Crippen molar-refractivity contribution in [3.8, 4) is 0 Å². The maximum atomic E-state index is 13.4. The highest BCUT2D eigenvalue weighted by Gasteiger charge is 2.42. The zero-order valence-electron chi connectivity index (χ0n) is 26.8. The van der Waals surface area contributed by atoms with Gasteiger partial charge in [-0.3, -0.25) is 9.59 Å². The van der Waals surface area contributed by atoms with E-state index in [1.54, 1.807) is 18.2 Å². The molecule has 7 rings (SSSR count). The van der Waals surface area contributed by atoms with Crippen LogP contribution < -0.4 is 10.2 Å². The van der Waals surface area contributed by atoms with E-state index in [9.17, 15) is 19.5 Å². The molecular weight excluding hydrogens is 624 g/mol. The number of carbonyl (C=O) groups is 3. The Bertz CT molecular complexity index is 1960. The standard InChI is InChI=1S/C38H36N4O7/c1-24-33(20-41-23-39-30-12-5-6-13-32(30)41)48-37(49-35(24)27-16-14-25(21-43)15-17-27)28-10-7-11-29(18-28)42-34(44)19-31(36(42)45)40-38(46)47-22-26-8-3-2-4-9-26/h2-18,23-24,31,33,35,37,43H,19-22H2,1H3,(H,40,46)/t24-,31?,33+,35+,37+/m0/s1. The van der Waals surface area contributed by atoms with Crippen LogP contribution in [0.15, 0.2) is 109 Å². The summed E-state index contributed by atoms with van der Waals surface area (Å²) in [5.74, 6) is -1.07. The van der Waals surface area contributed by atoms with E-state index < -0.39 is 30.2 Å². The molecule has 3 heterocycles. The summed E-state index contributed by atoms with van der Waals surface area (Å²) in [5.41, 5.74) is 5.39. The molecule has 0 aliphatic carbocycles. The van der Waals surface area contributed by atoms with Gasteiger partial charge in [0.1, 0.15) is 12.6 Å². The molecule has 0 spiro atoms. The molecule has 250 valence electrons. The first-order valence-corrected chi connectivity index (χ1v) is 16.2. The summed E-state index contributed by atoms with van der Waals surface area (Å²) in [6.45, 7) is 2.58. The molecule has 11 nitrogen and oxygen atoms in total. The van der Waals surface area contributed by atoms with Crippen molar-refractivity contribution in [2.45, 2.75) is 57.6 Å². The summed E-state index contributed by atoms with van der Waals surface area (Å²) in [5, 5.41) is 12.1. The number of anilines is 1. The van der Waals surface area contributed by atoms with Crippen LogP contribution in [-0.2, 0) is 43.6 Å². The number of amides is 3. The first-order chi connectivity index (χ1) is 23.9. The lowest BCUT2D eigenvalue weighted by Crippen LogP contribution is -2.42. The number of aliphatic hydroxyl groups excluding tert-OH is 1. The quantitative estimate of drug-likeness (QED) is 0.196. The molecular formula is C38H36N4O7. The van der Waals surface area contributed by atoms with Crippen LogP contribution in [0.5, 0.6) is 0 Å². The number of aromatic nitrogens is 2. The molecule has 0 bridgehead atoms. The monoisotopic (exact) mass is 660 g/mol. The molecule has 2 aliphatic heterocycles. The third-order valence-corrected chi connectivity index (χ3v) is 9.08. The Morgan fingerprint density at radius 1 is 0.918 bits per heavy atom. The number of benzene rings is 4. The molecule has 3 amide bonds. The highest BCUT2D eigenvalue weighted by Crippen LogP contribution is 2.43. The lowest BCUT2D eigenvalue weighted by Gasteiger charge is -2.41. The van der Waals surface area contributed by atoms with E-state index in [0.717, 1.165) is 32.6 Å². The second-order valence-electron chi connectivity index (χ2n) is 12.3. The highest BCUT2D eigenvalue weighted by atomic mass is 16.7. The van der Waals surface area contributed by atoms with E-state index in [2.05, 4.69) is 21.8 Å². The van der Waals surface area contributed by atoms with Gasteiger partial charge in [-0.25, -0.2) is 14.7 Å². The second-order valence-corrected chi connectivity index (χ2v) is 12.3. The summed E-state index contributed by atoms with van der Waals surface area (Å²) in [4.78, 5) is 44.7. The van der Waals surface area contributed by atoms with Gasteiger partial charge in [0.05, 0.1) is 54.8 Å².